The van der Waals surface area contributed by atoms with Gasteiger partial charge in [-0.1, -0.05) is 0 Å². The Bertz CT molecular complexity index is 2190. The molecule has 2 aliphatic rings. The molecule has 0 spiro atoms. The van der Waals surface area contributed by atoms with Crippen LogP contribution in [0.1, 0.15) is 149 Å². The van der Waals surface area contributed by atoms with E-state index < -0.39 is 27.8 Å². The molecule has 4 nitrogen and oxygen atoms in total. The number of amides is 2. The summed E-state index contributed by atoms with van der Waals surface area (Å²) in [6.07, 6.45) is 6.73. The van der Waals surface area contributed by atoms with E-state index in [0.717, 1.165) is 46.2 Å². The van der Waals surface area contributed by atoms with Crippen LogP contribution in [0.2, 0.25) is 0 Å². The zero-order valence-electron chi connectivity index (χ0n) is 38.0. The van der Waals surface area contributed by atoms with Gasteiger partial charge in [-0.15, -0.1) is 0 Å². The van der Waals surface area contributed by atoms with Gasteiger partial charge in [0.2, 0.25) is 0 Å². The number of halogens is 2. The van der Waals surface area contributed by atoms with Crippen LogP contribution in [0.15, 0.2) is 96.1 Å². The standard InChI is InChI=1S/2C23H27.C6H11BN2O2.2ClH.Hf/c2*1-16(2)13-17-14-18-9-8-11-19(21(18)15-17)20-10-6-7-12-22(20)23(3,4)5;1-3-5(10)8-7-9-6(11)4-2;;;/h2*6-12,14-16H,13H2,1-5H3;3-4H2,1-2H3,(H-,8,9,10,11);2*1H;/q;;;;;+1/p-1. The summed E-state index contributed by atoms with van der Waals surface area (Å²) in [6, 6.07) is 30.6. The molecule has 8 heteroatoms. The molecule has 0 bridgehead atoms. The molecule has 6 rings (SSSR count). The molecule has 4 aromatic carbocycles. The van der Waals surface area contributed by atoms with Gasteiger partial charge in [0, 0.05) is 0 Å². The first-order valence-electron chi connectivity index (χ1n) is 22.1. The Morgan fingerprint density at radius 1 is 0.583 bits per heavy atom. The summed E-state index contributed by atoms with van der Waals surface area (Å²) < 4.78 is -1.79. The van der Waals surface area contributed by atoms with Gasteiger partial charge < -0.3 is 0 Å². The van der Waals surface area contributed by atoms with Crippen molar-refractivity contribution in [1.29, 1.82) is 0 Å². The first kappa shape index (κ1) is 46.3. The van der Waals surface area contributed by atoms with Crippen molar-refractivity contribution < 1.29 is 25.5 Å². The third kappa shape index (κ3) is 8.73. The van der Waals surface area contributed by atoms with Crippen molar-refractivity contribution in [3.63, 3.8) is 0 Å². The fraction of sp³-hybridized carbons (Fsp3) is 0.423. The molecule has 2 amide bonds. The molecule has 0 saturated heterocycles. The Labute approximate surface area is 369 Å². The van der Waals surface area contributed by atoms with Crippen LogP contribution in [0.4, 0.5) is 0 Å². The van der Waals surface area contributed by atoms with E-state index in [1.807, 2.05) is 13.8 Å². The third-order valence-electron chi connectivity index (χ3n) is 12.5. The Morgan fingerprint density at radius 2 is 0.933 bits per heavy atom. The van der Waals surface area contributed by atoms with Crippen molar-refractivity contribution in [2.75, 3.05) is 0 Å². The predicted octanol–water partition coefficient (Wildman–Crippen LogP) is 14.3. The van der Waals surface area contributed by atoms with Gasteiger partial charge in [-0.05, 0) is 0 Å². The molecule has 60 heavy (non-hydrogen) atoms. The minimum atomic E-state index is -6.29. The van der Waals surface area contributed by atoms with E-state index in [4.69, 9.17) is 17.2 Å². The van der Waals surface area contributed by atoms with E-state index >= 15 is 0 Å². The van der Waals surface area contributed by atoms with E-state index in [-0.39, 0.29) is 35.5 Å². The van der Waals surface area contributed by atoms with Gasteiger partial charge in [-0.25, -0.2) is 0 Å². The van der Waals surface area contributed by atoms with Gasteiger partial charge in [-0.2, -0.15) is 0 Å². The number of nitrogens with one attached hydrogen (secondary N) is 2. The topological polar surface area (TPSA) is 58.2 Å². The summed E-state index contributed by atoms with van der Waals surface area (Å²) >= 11 is -6.29. The summed E-state index contributed by atoms with van der Waals surface area (Å²) in [7, 11) is 18.1. The van der Waals surface area contributed by atoms with Crippen molar-refractivity contribution in [2.45, 2.75) is 127 Å². The molecule has 0 aromatic heterocycles. The molecule has 317 valence electrons. The Hall–Kier alpha value is -3.18. The minimum absolute atomic E-state index is 0.0983. The summed E-state index contributed by atoms with van der Waals surface area (Å²) in [5, 5.41) is 6.67. The Kier molecular flexibility index (Phi) is 13.5. The molecule has 2 aliphatic carbocycles. The van der Waals surface area contributed by atoms with Crippen molar-refractivity contribution in [3.05, 3.63) is 129 Å². The number of benzene rings is 4. The van der Waals surface area contributed by atoms with E-state index in [1.54, 1.807) is 0 Å². The second-order valence-corrected chi connectivity index (χ2v) is 50.6. The van der Waals surface area contributed by atoms with Crippen molar-refractivity contribution in [1.82, 2.24) is 10.5 Å². The van der Waals surface area contributed by atoms with Crippen LogP contribution < -0.4 is 10.5 Å². The van der Waals surface area contributed by atoms with Gasteiger partial charge >= 0.3 is 372 Å². The molecule has 0 radical (unpaired) electrons. The van der Waals surface area contributed by atoms with Crippen LogP contribution >= 0.6 is 17.2 Å². The second kappa shape index (κ2) is 17.5. The number of hydrogen-bond donors (Lipinski definition) is 2. The van der Waals surface area contributed by atoms with Gasteiger partial charge in [0.05, 0.1) is 0 Å². The molecular weight excluding hydrogens is 945 g/mol. The average Bonchev–Trinajstić information content (AvgIpc) is 3.75. The number of allylic oxidation sites excluding steroid dienone is 2. The zero-order chi connectivity index (χ0) is 44.0. The van der Waals surface area contributed by atoms with Crippen LogP contribution in [0.5, 0.6) is 0 Å². The molecule has 2 N–H and O–H groups in total. The van der Waals surface area contributed by atoms with Gasteiger partial charge in [0.25, 0.3) is 0 Å². The molecule has 2 unspecified atom stereocenters. The average molecular weight is 1010 g/mol. The fourth-order valence-corrected chi connectivity index (χ4v) is 39.6. The van der Waals surface area contributed by atoms with Crippen LogP contribution in [0.3, 0.4) is 0 Å². The summed E-state index contributed by atoms with van der Waals surface area (Å²) in [4.78, 5) is 27.8. The normalized spacial score (nSPS) is 17.1. The fourth-order valence-electron chi connectivity index (χ4n) is 10.1. The molecule has 4 aromatic rings. The molecule has 2 atom stereocenters. The number of carbonyl (C=O) groups is 2. The quantitative estimate of drug-likeness (QED) is 0.131. The Morgan fingerprint density at radius 3 is 1.27 bits per heavy atom. The van der Waals surface area contributed by atoms with Crippen LogP contribution in [-0.4, -0.2) is 16.4 Å². The molecule has 0 fully saturated rings. The van der Waals surface area contributed by atoms with Crippen LogP contribution in [0.25, 0.3) is 34.4 Å². The van der Waals surface area contributed by atoms with Gasteiger partial charge in [0.1, 0.15) is 0 Å². The number of hydrogen-bond acceptors (Lipinski definition) is 2. The maximum absolute atomic E-state index is 13.9. The van der Waals surface area contributed by atoms with Crippen LogP contribution in [-0.2, 0) is 36.3 Å². The third-order valence-corrected chi connectivity index (χ3v) is 41.1. The summed E-state index contributed by atoms with van der Waals surface area (Å²) in [5.41, 5.74) is 13.8. The van der Waals surface area contributed by atoms with E-state index in [2.05, 4.69) is 177 Å². The van der Waals surface area contributed by atoms with Crippen molar-refractivity contribution >= 4 is 45.7 Å². The van der Waals surface area contributed by atoms with E-state index in [0.29, 0.717) is 11.8 Å². The number of rotatable bonds is 13. The molecule has 0 heterocycles. The SMILES string of the molecule is CCC(=O)N[B](NC(=O)CC)[Hf]([Cl])([Cl])([CH]1C(CC(C)C)=Cc2c(-c3ccccc3C(C)(C)C)cccc21)[CH]1C(CC(C)C)=Cc2c(-c3ccccc3C(C)(C)C)cccc21. The van der Waals surface area contributed by atoms with Gasteiger partial charge in [0.15, 0.2) is 0 Å². The Balaban J connectivity index is 1.75. The monoisotopic (exact) mass is 1010 g/mol. The first-order valence-corrected chi connectivity index (χ1v) is 37.3. The summed E-state index contributed by atoms with van der Waals surface area (Å²) in [6.45, 7) is 26.2. The number of fused-ring (bicyclic) bond motifs is 2. The molecular formula is C52H66BCl2HfN2O2. The first-order chi connectivity index (χ1) is 28.1. The number of carbonyl (C=O) groups excluding carboxylic acids is 2. The predicted molar refractivity (Wildman–Crippen MR) is 256 cm³/mol. The van der Waals surface area contributed by atoms with E-state index in [9.17, 15) is 9.59 Å². The summed E-state index contributed by atoms with van der Waals surface area (Å²) in [5.74, 6) is 0.204. The molecule has 0 aliphatic heterocycles. The van der Waals surface area contributed by atoms with Crippen LogP contribution in [0, 0.1) is 11.8 Å². The van der Waals surface area contributed by atoms with Gasteiger partial charge in [-0.3, -0.25) is 0 Å². The van der Waals surface area contributed by atoms with E-state index in [1.165, 1.54) is 33.4 Å². The second-order valence-electron chi connectivity index (χ2n) is 20.2. The molecule has 0 saturated carbocycles. The van der Waals surface area contributed by atoms with Crippen molar-refractivity contribution in [2.24, 2.45) is 11.8 Å². The maximum atomic E-state index is 13.9. The van der Waals surface area contributed by atoms with Crippen molar-refractivity contribution in [3.8, 4) is 22.3 Å². The zero-order valence-corrected chi connectivity index (χ0v) is 43.1.